The minimum Gasteiger partial charge on any atom is -0.367 e. The molecule has 0 amide bonds. The molecular weight excluding hydrogens is 188 g/mol. The summed E-state index contributed by atoms with van der Waals surface area (Å²) in [4.78, 5) is 5.52. The van der Waals surface area contributed by atoms with Crippen LogP contribution in [0, 0.1) is 0 Å². The van der Waals surface area contributed by atoms with Crippen molar-refractivity contribution in [3.05, 3.63) is 24.0 Å². The standard InChI is InChI=1S/C11H20N4/c12-11(10-1-3-14-9-10)2-6-15-7-4-13-5-8-15/h1,3,9,11,13-14H,2,4-8,12H2. The Hall–Kier alpha value is -0.840. The first-order chi connectivity index (χ1) is 7.36. The predicted molar refractivity (Wildman–Crippen MR) is 61.6 cm³/mol. The molecule has 0 spiro atoms. The molecule has 1 saturated heterocycles. The summed E-state index contributed by atoms with van der Waals surface area (Å²) < 4.78 is 0. The van der Waals surface area contributed by atoms with Crippen LogP contribution < -0.4 is 11.1 Å². The van der Waals surface area contributed by atoms with Crippen molar-refractivity contribution in [3.8, 4) is 0 Å². The highest BCUT2D eigenvalue weighted by Gasteiger charge is 2.12. The second-order valence-corrected chi connectivity index (χ2v) is 4.13. The van der Waals surface area contributed by atoms with Crippen LogP contribution in [0.2, 0.25) is 0 Å². The van der Waals surface area contributed by atoms with Crippen molar-refractivity contribution in [1.29, 1.82) is 0 Å². The molecule has 0 saturated carbocycles. The highest BCUT2D eigenvalue weighted by molar-refractivity contribution is 5.13. The van der Waals surface area contributed by atoms with E-state index in [0.29, 0.717) is 0 Å². The molecule has 0 bridgehead atoms. The molecule has 1 atom stereocenters. The molecule has 0 aromatic carbocycles. The number of hydrogen-bond donors (Lipinski definition) is 3. The average molecular weight is 208 g/mol. The first kappa shape index (κ1) is 10.7. The van der Waals surface area contributed by atoms with Gasteiger partial charge in [-0.15, -0.1) is 0 Å². The lowest BCUT2D eigenvalue weighted by molar-refractivity contribution is 0.233. The summed E-state index contributed by atoms with van der Waals surface area (Å²) in [5.74, 6) is 0. The molecule has 1 unspecified atom stereocenters. The number of rotatable bonds is 4. The van der Waals surface area contributed by atoms with Gasteiger partial charge in [0.15, 0.2) is 0 Å². The third kappa shape index (κ3) is 3.06. The Bertz CT molecular complexity index is 264. The Morgan fingerprint density at radius 3 is 2.87 bits per heavy atom. The molecule has 0 radical (unpaired) electrons. The number of hydrogen-bond acceptors (Lipinski definition) is 3. The third-order valence-corrected chi connectivity index (χ3v) is 3.02. The number of piperazine rings is 1. The van der Waals surface area contributed by atoms with E-state index in [2.05, 4.69) is 21.3 Å². The Balaban J connectivity index is 1.73. The second kappa shape index (κ2) is 5.30. The molecule has 0 aliphatic carbocycles. The summed E-state index contributed by atoms with van der Waals surface area (Å²) in [6.07, 6.45) is 4.96. The fraction of sp³-hybridized carbons (Fsp3) is 0.636. The zero-order valence-corrected chi connectivity index (χ0v) is 9.08. The molecule has 15 heavy (non-hydrogen) atoms. The van der Waals surface area contributed by atoms with Gasteiger partial charge < -0.3 is 20.9 Å². The summed E-state index contributed by atoms with van der Waals surface area (Å²) >= 11 is 0. The van der Waals surface area contributed by atoms with Crippen LogP contribution in [0.1, 0.15) is 18.0 Å². The molecule has 4 heteroatoms. The summed E-state index contributed by atoms with van der Waals surface area (Å²) in [6, 6.07) is 2.23. The lowest BCUT2D eigenvalue weighted by Crippen LogP contribution is -2.44. The van der Waals surface area contributed by atoms with E-state index in [-0.39, 0.29) is 6.04 Å². The quantitative estimate of drug-likeness (QED) is 0.667. The SMILES string of the molecule is NC(CCN1CCNCC1)c1cc[nH]c1. The molecule has 1 aromatic rings. The van der Waals surface area contributed by atoms with Crippen LogP contribution >= 0.6 is 0 Å². The van der Waals surface area contributed by atoms with Crippen LogP contribution in [-0.4, -0.2) is 42.6 Å². The summed E-state index contributed by atoms with van der Waals surface area (Å²) in [5, 5.41) is 3.35. The van der Waals surface area contributed by atoms with E-state index in [1.807, 2.05) is 12.4 Å². The zero-order valence-electron chi connectivity index (χ0n) is 9.08. The molecular formula is C11H20N4. The van der Waals surface area contributed by atoms with Crippen molar-refractivity contribution in [2.24, 2.45) is 5.73 Å². The maximum Gasteiger partial charge on any atom is 0.0322 e. The van der Waals surface area contributed by atoms with Crippen LogP contribution in [0.5, 0.6) is 0 Å². The fourth-order valence-electron chi connectivity index (χ4n) is 1.99. The van der Waals surface area contributed by atoms with E-state index in [0.717, 1.165) is 39.1 Å². The van der Waals surface area contributed by atoms with Crippen LogP contribution in [0.25, 0.3) is 0 Å². The molecule has 2 rings (SSSR count). The Kier molecular flexibility index (Phi) is 3.77. The van der Waals surface area contributed by atoms with Crippen molar-refractivity contribution in [2.45, 2.75) is 12.5 Å². The summed E-state index contributed by atoms with van der Waals surface area (Å²) in [6.45, 7) is 5.63. The van der Waals surface area contributed by atoms with Crippen LogP contribution in [0.4, 0.5) is 0 Å². The van der Waals surface area contributed by atoms with Gasteiger partial charge in [-0.05, 0) is 18.1 Å². The van der Waals surface area contributed by atoms with Crippen molar-refractivity contribution in [1.82, 2.24) is 15.2 Å². The number of H-pyrrole nitrogens is 1. The maximum absolute atomic E-state index is 6.09. The van der Waals surface area contributed by atoms with Gasteiger partial charge in [-0.25, -0.2) is 0 Å². The third-order valence-electron chi connectivity index (χ3n) is 3.02. The van der Waals surface area contributed by atoms with Gasteiger partial charge in [-0.1, -0.05) is 0 Å². The average Bonchev–Trinajstić information content (AvgIpc) is 2.81. The Labute approximate surface area is 90.8 Å². The normalized spacial score (nSPS) is 20.3. The molecule has 1 aliphatic rings. The van der Waals surface area contributed by atoms with E-state index in [4.69, 9.17) is 5.73 Å². The van der Waals surface area contributed by atoms with Crippen LogP contribution in [0.3, 0.4) is 0 Å². The minimum atomic E-state index is 0.172. The lowest BCUT2D eigenvalue weighted by Gasteiger charge is -2.28. The van der Waals surface area contributed by atoms with Crippen molar-refractivity contribution >= 4 is 0 Å². The monoisotopic (exact) mass is 208 g/mol. The van der Waals surface area contributed by atoms with Crippen molar-refractivity contribution in [2.75, 3.05) is 32.7 Å². The fourth-order valence-corrected chi connectivity index (χ4v) is 1.99. The molecule has 4 nitrogen and oxygen atoms in total. The number of aromatic nitrogens is 1. The first-order valence-electron chi connectivity index (χ1n) is 5.67. The largest absolute Gasteiger partial charge is 0.367 e. The zero-order chi connectivity index (χ0) is 10.5. The van der Waals surface area contributed by atoms with Gasteiger partial charge in [0.2, 0.25) is 0 Å². The van der Waals surface area contributed by atoms with Crippen molar-refractivity contribution in [3.63, 3.8) is 0 Å². The van der Waals surface area contributed by atoms with Gasteiger partial charge in [0.25, 0.3) is 0 Å². The predicted octanol–water partition coefficient (Wildman–Crippen LogP) is 0.310. The smallest absolute Gasteiger partial charge is 0.0322 e. The molecule has 1 aromatic heterocycles. The van der Waals surface area contributed by atoms with Gasteiger partial charge in [0, 0.05) is 51.2 Å². The Morgan fingerprint density at radius 1 is 1.40 bits per heavy atom. The molecule has 1 aliphatic heterocycles. The van der Waals surface area contributed by atoms with Crippen LogP contribution in [-0.2, 0) is 0 Å². The van der Waals surface area contributed by atoms with Gasteiger partial charge >= 0.3 is 0 Å². The number of nitrogens with zero attached hydrogens (tertiary/aromatic N) is 1. The molecule has 1 fully saturated rings. The maximum atomic E-state index is 6.09. The van der Waals surface area contributed by atoms with Gasteiger partial charge in [0.05, 0.1) is 0 Å². The molecule has 2 heterocycles. The van der Waals surface area contributed by atoms with Crippen molar-refractivity contribution < 1.29 is 0 Å². The van der Waals surface area contributed by atoms with Gasteiger partial charge in [0.1, 0.15) is 0 Å². The Morgan fingerprint density at radius 2 is 2.20 bits per heavy atom. The van der Waals surface area contributed by atoms with E-state index >= 15 is 0 Å². The minimum absolute atomic E-state index is 0.172. The van der Waals surface area contributed by atoms with Gasteiger partial charge in [-0.3, -0.25) is 0 Å². The number of nitrogens with two attached hydrogens (primary N) is 1. The topological polar surface area (TPSA) is 57.1 Å². The highest BCUT2D eigenvalue weighted by Crippen LogP contribution is 2.13. The highest BCUT2D eigenvalue weighted by atomic mass is 15.2. The van der Waals surface area contributed by atoms with E-state index in [1.165, 1.54) is 5.56 Å². The molecule has 4 N–H and O–H groups in total. The molecule has 84 valence electrons. The lowest BCUT2D eigenvalue weighted by atomic mass is 10.1. The van der Waals surface area contributed by atoms with E-state index < -0.39 is 0 Å². The van der Waals surface area contributed by atoms with E-state index in [9.17, 15) is 0 Å². The number of nitrogens with one attached hydrogen (secondary N) is 2. The summed E-state index contributed by atoms with van der Waals surface area (Å²) in [7, 11) is 0. The number of aromatic amines is 1. The summed E-state index contributed by atoms with van der Waals surface area (Å²) in [5.41, 5.74) is 7.31. The van der Waals surface area contributed by atoms with Gasteiger partial charge in [-0.2, -0.15) is 0 Å². The second-order valence-electron chi connectivity index (χ2n) is 4.13. The van der Waals surface area contributed by atoms with Crippen LogP contribution in [0.15, 0.2) is 18.5 Å². The first-order valence-corrected chi connectivity index (χ1v) is 5.67. The van der Waals surface area contributed by atoms with E-state index in [1.54, 1.807) is 0 Å².